The predicted octanol–water partition coefficient (Wildman–Crippen LogP) is 3.87. The number of aromatic nitrogens is 3. The number of H-pyrrole nitrogens is 1. The van der Waals surface area contributed by atoms with Gasteiger partial charge in [-0.3, -0.25) is 4.79 Å². The number of piperidine rings is 1. The molecule has 138 valence electrons. The van der Waals surface area contributed by atoms with Crippen molar-refractivity contribution in [1.82, 2.24) is 20.0 Å². The summed E-state index contributed by atoms with van der Waals surface area (Å²) >= 11 is 1.78. The minimum atomic E-state index is 0.106. The minimum Gasteiger partial charge on any atom is -0.357 e. The van der Waals surface area contributed by atoms with E-state index in [4.69, 9.17) is 4.52 Å². The lowest BCUT2D eigenvalue weighted by molar-refractivity contribution is 0.0611. The molecule has 1 amide bonds. The van der Waals surface area contributed by atoms with Crippen molar-refractivity contribution in [3.8, 4) is 11.6 Å². The number of carbonyl (C=O) groups excluding carboxylic acids is 1. The van der Waals surface area contributed by atoms with Gasteiger partial charge in [-0.25, -0.2) is 0 Å². The van der Waals surface area contributed by atoms with E-state index in [0.29, 0.717) is 18.3 Å². The second-order valence-corrected chi connectivity index (χ2v) is 8.30. The molecule has 4 heterocycles. The number of benzene rings is 1. The first kappa shape index (κ1) is 16.6. The first-order valence-electron chi connectivity index (χ1n) is 9.21. The zero-order valence-electron chi connectivity index (χ0n) is 15.0. The average Bonchev–Trinajstić information content (AvgIpc) is 3.32. The van der Waals surface area contributed by atoms with Gasteiger partial charge in [0.2, 0.25) is 0 Å². The summed E-state index contributed by atoms with van der Waals surface area (Å²) in [5, 5.41) is 4.21. The number of aromatic amines is 1. The number of thioether (sulfide) groups is 1. The van der Waals surface area contributed by atoms with E-state index in [2.05, 4.69) is 15.1 Å². The number of carbonyl (C=O) groups is 1. The van der Waals surface area contributed by atoms with Crippen LogP contribution in [0.5, 0.6) is 0 Å². The fourth-order valence-electron chi connectivity index (χ4n) is 3.91. The van der Waals surface area contributed by atoms with E-state index in [1.54, 1.807) is 11.8 Å². The first-order chi connectivity index (χ1) is 13.2. The van der Waals surface area contributed by atoms with Gasteiger partial charge in [-0.2, -0.15) is 4.98 Å². The summed E-state index contributed by atoms with van der Waals surface area (Å²) in [5.74, 6) is 2.36. The topological polar surface area (TPSA) is 75.0 Å². The zero-order chi connectivity index (χ0) is 18.4. The van der Waals surface area contributed by atoms with Crippen LogP contribution in [0.15, 0.2) is 45.9 Å². The molecule has 2 aromatic heterocycles. The predicted molar refractivity (Wildman–Crippen MR) is 103 cm³/mol. The lowest BCUT2D eigenvalue weighted by atomic mass is 9.92. The molecule has 1 aromatic carbocycles. The fraction of sp³-hybridized carbons (Fsp3) is 0.350. The van der Waals surface area contributed by atoms with Gasteiger partial charge in [0, 0.05) is 35.3 Å². The smallest absolute Gasteiger partial charge is 0.274 e. The number of fused-ring (bicyclic) bond motifs is 2. The molecule has 0 spiro atoms. The van der Waals surface area contributed by atoms with Crippen LogP contribution in [-0.2, 0) is 0 Å². The van der Waals surface area contributed by atoms with Gasteiger partial charge in [0.1, 0.15) is 5.69 Å². The largest absolute Gasteiger partial charge is 0.357 e. The van der Waals surface area contributed by atoms with Crippen LogP contribution in [0.3, 0.4) is 0 Å². The Morgan fingerprint density at radius 3 is 3.04 bits per heavy atom. The molecule has 2 aliphatic rings. The average molecular weight is 380 g/mol. The number of nitrogens with zero attached hydrogens (tertiary/aromatic N) is 3. The van der Waals surface area contributed by atoms with Crippen molar-refractivity contribution in [1.29, 1.82) is 0 Å². The number of amides is 1. The van der Waals surface area contributed by atoms with Crippen LogP contribution >= 0.6 is 11.8 Å². The molecule has 27 heavy (non-hydrogen) atoms. The summed E-state index contributed by atoms with van der Waals surface area (Å²) in [7, 11) is 0. The maximum atomic E-state index is 13.1. The normalized spacial score (nSPS) is 22.3. The molecule has 0 bridgehead atoms. The Bertz CT molecular complexity index is 995. The van der Waals surface area contributed by atoms with Gasteiger partial charge < -0.3 is 14.4 Å². The molecule has 2 atom stereocenters. The van der Waals surface area contributed by atoms with Crippen molar-refractivity contribution < 1.29 is 9.32 Å². The Morgan fingerprint density at radius 2 is 2.19 bits per heavy atom. The third-order valence-electron chi connectivity index (χ3n) is 5.38. The third-order valence-corrected chi connectivity index (χ3v) is 6.60. The molecule has 1 saturated heterocycles. The Morgan fingerprint density at radius 1 is 1.30 bits per heavy atom. The number of hydrogen-bond acceptors (Lipinski definition) is 5. The molecule has 2 aliphatic heterocycles. The lowest BCUT2D eigenvalue weighted by Crippen LogP contribution is -2.46. The van der Waals surface area contributed by atoms with Gasteiger partial charge in [0.05, 0.1) is 5.56 Å². The standard InChI is InChI=1S/C20H20N4O2S/c1-12-8-16(21-9-12)19-22-18(23-26-19)13-6-7-14-11-27-17-5-3-2-4-15(17)20(25)24(14)10-13/h2-5,8-9,13-14,21H,6-7,10-11H2,1H3/t13-,14-/m1/s1. The van der Waals surface area contributed by atoms with Gasteiger partial charge in [-0.1, -0.05) is 17.3 Å². The van der Waals surface area contributed by atoms with Crippen LogP contribution in [-0.4, -0.2) is 44.3 Å². The van der Waals surface area contributed by atoms with Crippen molar-refractivity contribution in [2.75, 3.05) is 12.3 Å². The highest BCUT2D eigenvalue weighted by Crippen LogP contribution is 2.37. The Kier molecular flexibility index (Phi) is 4.04. The number of hydrogen-bond donors (Lipinski definition) is 1. The van der Waals surface area contributed by atoms with E-state index in [0.717, 1.165) is 40.3 Å². The maximum Gasteiger partial charge on any atom is 0.274 e. The molecule has 1 fully saturated rings. The van der Waals surface area contributed by atoms with Crippen LogP contribution in [0.1, 0.15) is 40.5 Å². The lowest BCUT2D eigenvalue weighted by Gasteiger charge is -2.37. The van der Waals surface area contributed by atoms with E-state index >= 15 is 0 Å². The Labute approximate surface area is 161 Å². The molecular formula is C20H20N4O2S. The van der Waals surface area contributed by atoms with Gasteiger partial charge in [-0.05, 0) is 43.5 Å². The van der Waals surface area contributed by atoms with E-state index in [9.17, 15) is 4.79 Å². The summed E-state index contributed by atoms with van der Waals surface area (Å²) in [4.78, 5) is 24.0. The number of aryl methyl sites for hydroxylation is 1. The van der Waals surface area contributed by atoms with Crippen LogP contribution in [0, 0.1) is 6.92 Å². The SMILES string of the molecule is Cc1c[nH]c(-c2nc([C@@H]3CC[C@@H]4CSc5ccccc5C(=O)N4C3)no2)c1. The van der Waals surface area contributed by atoms with Crippen molar-refractivity contribution in [3.05, 3.63) is 53.5 Å². The third kappa shape index (κ3) is 2.96. The van der Waals surface area contributed by atoms with Crippen LogP contribution < -0.4 is 0 Å². The molecule has 1 N–H and O–H groups in total. The van der Waals surface area contributed by atoms with E-state index in [1.807, 2.05) is 48.4 Å². The molecule has 0 saturated carbocycles. The molecule has 0 unspecified atom stereocenters. The van der Waals surface area contributed by atoms with Gasteiger partial charge in [0.15, 0.2) is 5.82 Å². The summed E-state index contributed by atoms with van der Waals surface area (Å²) in [5.41, 5.74) is 2.76. The van der Waals surface area contributed by atoms with Gasteiger partial charge in [-0.15, -0.1) is 11.8 Å². The van der Waals surface area contributed by atoms with Crippen LogP contribution in [0.25, 0.3) is 11.6 Å². The summed E-state index contributed by atoms with van der Waals surface area (Å²) in [6, 6.07) is 10.1. The van der Waals surface area contributed by atoms with Crippen molar-refractivity contribution in [2.45, 2.75) is 36.6 Å². The number of nitrogens with one attached hydrogen (secondary N) is 1. The van der Waals surface area contributed by atoms with Crippen molar-refractivity contribution in [2.24, 2.45) is 0 Å². The monoisotopic (exact) mass is 380 g/mol. The summed E-state index contributed by atoms with van der Waals surface area (Å²) < 4.78 is 5.46. The molecule has 0 aliphatic carbocycles. The van der Waals surface area contributed by atoms with E-state index < -0.39 is 0 Å². The highest BCUT2D eigenvalue weighted by atomic mass is 32.2. The highest BCUT2D eigenvalue weighted by molar-refractivity contribution is 7.99. The molecule has 5 rings (SSSR count). The Balaban J connectivity index is 1.40. The number of rotatable bonds is 2. The molecule has 7 heteroatoms. The van der Waals surface area contributed by atoms with E-state index in [-0.39, 0.29) is 17.9 Å². The Hall–Kier alpha value is -2.54. The van der Waals surface area contributed by atoms with E-state index in [1.165, 1.54) is 0 Å². The zero-order valence-corrected chi connectivity index (χ0v) is 15.8. The fourth-order valence-corrected chi connectivity index (χ4v) is 5.11. The first-order valence-corrected chi connectivity index (χ1v) is 10.2. The van der Waals surface area contributed by atoms with Crippen molar-refractivity contribution in [3.63, 3.8) is 0 Å². The van der Waals surface area contributed by atoms with Gasteiger partial charge in [0.25, 0.3) is 11.8 Å². The molecule has 0 radical (unpaired) electrons. The second-order valence-electron chi connectivity index (χ2n) is 7.24. The van der Waals surface area contributed by atoms with Gasteiger partial charge >= 0.3 is 0 Å². The second kappa shape index (κ2) is 6.56. The molecular weight excluding hydrogens is 360 g/mol. The molecule has 6 nitrogen and oxygen atoms in total. The van der Waals surface area contributed by atoms with Crippen LogP contribution in [0.2, 0.25) is 0 Å². The minimum absolute atomic E-state index is 0.106. The molecule has 3 aromatic rings. The van der Waals surface area contributed by atoms with Crippen LogP contribution in [0.4, 0.5) is 0 Å². The quantitative estimate of drug-likeness (QED) is 0.730. The summed E-state index contributed by atoms with van der Waals surface area (Å²) in [6.45, 7) is 2.65. The highest BCUT2D eigenvalue weighted by Gasteiger charge is 2.37. The summed E-state index contributed by atoms with van der Waals surface area (Å²) in [6.07, 6.45) is 3.84. The van der Waals surface area contributed by atoms with Crippen molar-refractivity contribution >= 4 is 17.7 Å². The maximum absolute atomic E-state index is 13.1.